The maximum atomic E-state index is 13.3. The van der Waals surface area contributed by atoms with Crippen molar-refractivity contribution in [2.45, 2.75) is 31.5 Å². The van der Waals surface area contributed by atoms with Crippen LogP contribution in [0.2, 0.25) is 0 Å². The summed E-state index contributed by atoms with van der Waals surface area (Å²) in [5.74, 6) is -0.143. The maximum absolute atomic E-state index is 13.3. The van der Waals surface area contributed by atoms with Crippen LogP contribution < -0.4 is 11.3 Å². The molecule has 1 amide bonds. The molecular weight excluding hydrogens is 333 g/mol. The van der Waals surface area contributed by atoms with Gasteiger partial charge in [0.1, 0.15) is 6.17 Å². The van der Waals surface area contributed by atoms with Gasteiger partial charge in [-0.2, -0.15) is 0 Å². The van der Waals surface area contributed by atoms with Crippen molar-refractivity contribution in [3.05, 3.63) is 58.5 Å². The Kier molecular flexibility index (Phi) is 5.23. The van der Waals surface area contributed by atoms with Crippen molar-refractivity contribution in [2.75, 3.05) is 13.1 Å². The van der Waals surface area contributed by atoms with E-state index >= 15 is 0 Å². The van der Waals surface area contributed by atoms with Crippen LogP contribution in [0.4, 0.5) is 4.39 Å². The summed E-state index contributed by atoms with van der Waals surface area (Å²) in [6.45, 7) is 2.63. The van der Waals surface area contributed by atoms with E-state index in [1.54, 1.807) is 34.8 Å². The summed E-state index contributed by atoms with van der Waals surface area (Å²) in [4.78, 5) is 25.6. The molecule has 1 aliphatic rings. The van der Waals surface area contributed by atoms with Crippen molar-refractivity contribution in [1.82, 2.24) is 9.47 Å². The third-order valence-corrected chi connectivity index (χ3v) is 5.22. The topological polar surface area (TPSA) is 70.0 Å². The van der Waals surface area contributed by atoms with Crippen molar-refractivity contribution < 1.29 is 14.9 Å². The molecule has 26 heavy (non-hydrogen) atoms. The van der Waals surface area contributed by atoms with Gasteiger partial charge in [-0.25, -0.2) is 4.39 Å². The van der Waals surface area contributed by atoms with Crippen LogP contribution in [0.25, 0.3) is 11.1 Å². The van der Waals surface area contributed by atoms with E-state index in [1.807, 2.05) is 31.2 Å². The van der Waals surface area contributed by atoms with Crippen LogP contribution in [-0.4, -0.2) is 40.7 Å². The van der Waals surface area contributed by atoms with E-state index in [0.29, 0.717) is 13.0 Å². The molecule has 2 aromatic rings. The molecule has 6 heteroatoms. The molecule has 138 valence electrons. The van der Waals surface area contributed by atoms with Crippen molar-refractivity contribution in [3.8, 4) is 11.1 Å². The highest BCUT2D eigenvalue weighted by Gasteiger charge is 2.34. The number of pyridine rings is 1. The molecular formula is C20H25FN3O2+. The molecule has 2 heterocycles. The van der Waals surface area contributed by atoms with Gasteiger partial charge < -0.3 is 15.2 Å². The molecule has 1 saturated heterocycles. The molecule has 0 aliphatic carbocycles. The Bertz CT molecular complexity index is 847. The number of halogens is 1. The molecule has 0 unspecified atom stereocenters. The van der Waals surface area contributed by atoms with Crippen LogP contribution in [0, 0.1) is 0 Å². The van der Waals surface area contributed by atoms with E-state index in [-0.39, 0.29) is 23.9 Å². The molecule has 3 rings (SSSR count). The Morgan fingerprint density at radius 2 is 1.85 bits per heavy atom. The lowest BCUT2D eigenvalue weighted by Gasteiger charge is -2.22. The van der Waals surface area contributed by atoms with Crippen LogP contribution in [0.15, 0.2) is 47.4 Å². The van der Waals surface area contributed by atoms with Crippen LogP contribution in [0.5, 0.6) is 0 Å². The van der Waals surface area contributed by atoms with Gasteiger partial charge in [0.05, 0.1) is 6.54 Å². The van der Waals surface area contributed by atoms with Crippen molar-refractivity contribution in [3.63, 3.8) is 0 Å². The molecule has 1 fully saturated rings. The highest BCUT2D eigenvalue weighted by Crippen LogP contribution is 2.24. The van der Waals surface area contributed by atoms with Gasteiger partial charge >= 0.3 is 0 Å². The quantitative estimate of drug-likeness (QED) is 0.896. The third-order valence-electron chi connectivity index (χ3n) is 5.22. The molecule has 0 saturated carbocycles. The molecule has 1 aliphatic heterocycles. The Hall–Kier alpha value is -2.47. The molecule has 0 spiro atoms. The zero-order valence-electron chi connectivity index (χ0n) is 15.2. The standard InChI is InChI=1S/C20H24FN3O2/c1-13(19(22)20(26)24-10-9-17(21)12-24)14-3-5-15(6-4-14)16-7-8-18(25)23(2)11-16/h3-8,11,13,17,19H,9-10,12,22H2,1-2H3/p+1/t13-,17-,19-/m0/s1. The smallest absolute Gasteiger partial charge is 0.281 e. The zero-order chi connectivity index (χ0) is 18.8. The maximum Gasteiger partial charge on any atom is 0.281 e. The van der Waals surface area contributed by atoms with Crippen LogP contribution >= 0.6 is 0 Å². The Labute approximate surface area is 152 Å². The number of carbonyl (C=O) groups excluding carboxylic acids is 1. The molecule has 3 N–H and O–H groups in total. The second-order valence-corrected chi connectivity index (χ2v) is 7.05. The number of carbonyl (C=O) groups is 1. The normalized spacial score (nSPS) is 19.4. The fraction of sp³-hybridized carbons (Fsp3) is 0.400. The first-order valence-electron chi connectivity index (χ1n) is 8.90. The number of hydrogen-bond donors (Lipinski definition) is 1. The summed E-state index contributed by atoms with van der Waals surface area (Å²) < 4.78 is 14.9. The van der Waals surface area contributed by atoms with E-state index in [2.05, 4.69) is 5.73 Å². The van der Waals surface area contributed by atoms with Crippen molar-refractivity contribution in [2.24, 2.45) is 7.05 Å². The van der Waals surface area contributed by atoms with E-state index < -0.39 is 12.2 Å². The second kappa shape index (κ2) is 7.41. The predicted octanol–water partition coefficient (Wildman–Crippen LogP) is 1.34. The summed E-state index contributed by atoms with van der Waals surface area (Å²) in [5.41, 5.74) is 6.97. The zero-order valence-corrected chi connectivity index (χ0v) is 15.2. The van der Waals surface area contributed by atoms with Gasteiger partial charge in [-0.1, -0.05) is 31.2 Å². The summed E-state index contributed by atoms with van der Waals surface area (Å²) in [7, 11) is 1.72. The lowest BCUT2D eigenvalue weighted by atomic mass is 9.91. The average Bonchev–Trinajstić information content (AvgIpc) is 3.08. The van der Waals surface area contributed by atoms with E-state index in [0.717, 1.165) is 16.7 Å². The van der Waals surface area contributed by atoms with Gasteiger partial charge in [-0.15, -0.1) is 0 Å². The number of hydrogen-bond acceptors (Lipinski definition) is 2. The first-order valence-corrected chi connectivity index (χ1v) is 8.90. The minimum absolute atomic E-state index is 0.0464. The average molecular weight is 358 g/mol. The Morgan fingerprint density at radius 1 is 1.19 bits per heavy atom. The predicted molar refractivity (Wildman–Crippen MR) is 98.3 cm³/mol. The first-order chi connectivity index (χ1) is 12.4. The Balaban J connectivity index is 1.73. The van der Waals surface area contributed by atoms with Gasteiger partial charge in [-0.05, 0) is 29.2 Å². The van der Waals surface area contributed by atoms with Gasteiger partial charge in [0.2, 0.25) is 5.56 Å². The SMILES string of the molecule is C[C@@H](c1ccc(-c2ccc(=O)n(C)c2)cc1)[C@H]([NH3+])C(=O)N1CC[C@H](F)C1. The number of rotatable bonds is 4. The van der Waals surface area contributed by atoms with E-state index in [9.17, 15) is 14.0 Å². The van der Waals surface area contributed by atoms with Gasteiger partial charge in [0.25, 0.3) is 5.91 Å². The minimum atomic E-state index is -0.914. The molecule has 0 radical (unpaired) electrons. The number of likely N-dealkylation sites (tertiary alicyclic amines) is 1. The Morgan fingerprint density at radius 3 is 2.42 bits per heavy atom. The van der Waals surface area contributed by atoms with Crippen LogP contribution in [-0.2, 0) is 11.8 Å². The third kappa shape index (κ3) is 3.70. The molecule has 1 aromatic carbocycles. The van der Waals surface area contributed by atoms with Crippen molar-refractivity contribution >= 4 is 5.91 Å². The highest BCUT2D eigenvalue weighted by atomic mass is 19.1. The summed E-state index contributed by atoms with van der Waals surface area (Å²) in [5, 5.41) is 0. The lowest BCUT2D eigenvalue weighted by molar-refractivity contribution is -0.410. The summed E-state index contributed by atoms with van der Waals surface area (Å²) in [6, 6.07) is 10.8. The van der Waals surface area contributed by atoms with Gasteiger partial charge in [0, 0.05) is 31.8 Å². The number of amides is 1. The van der Waals surface area contributed by atoms with Gasteiger partial charge in [-0.3, -0.25) is 9.59 Å². The van der Waals surface area contributed by atoms with Gasteiger partial charge in [0.15, 0.2) is 6.04 Å². The first kappa shape index (κ1) is 18.3. The number of aromatic nitrogens is 1. The minimum Gasteiger partial charge on any atom is -0.347 e. The monoisotopic (exact) mass is 358 g/mol. The highest BCUT2D eigenvalue weighted by molar-refractivity contribution is 5.81. The van der Waals surface area contributed by atoms with E-state index in [1.165, 1.54) is 0 Å². The fourth-order valence-corrected chi connectivity index (χ4v) is 3.34. The largest absolute Gasteiger partial charge is 0.347 e. The molecule has 3 atom stereocenters. The van der Waals surface area contributed by atoms with E-state index in [4.69, 9.17) is 0 Å². The second-order valence-electron chi connectivity index (χ2n) is 7.05. The van der Waals surface area contributed by atoms with Crippen molar-refractivity contribution in [1.29, 1.82) is 0 Å². The summed E-state index contributed by atoms with van der Waals surface area (Å²) >= 11 is 0. The number of benzene rings is 1. The van der Waals surface area contributed by atoms with Crippen LogP contribution in [0.1, 0.15) is 24.8 Å². The number of alkyl halides is 1. The molecule has 1 aromatic heterocycles. The fourth-order valence-electron chi connectivity index (χ4n) is 3.34. The molecule has 5 nitrogen and oxygen atoms in total. The number of aryl methyl sites for hydroxylation is 1. The molecule has 0 bridgehead atoms. The number of nitrogens with zero attached hydrogens (tertiary/aromatic N) is 2. The lowest BCUT2D eigenvalue weighted by Crippen LogP contribution is -2.69. The summed E-state index contributed by atoms with van der Waals surface area (Å²) in [6.07, 6.45) is 1.30. The van der Waals surface area contributed by atoms with Crippen LogP contribution in [0.3, 0.4) is 0 Å². The number of quaternary nitrogens is 1.